The van der Waals surface area contributed by atoms with Gasteiger partial charge in [-0.15, -0.1) is 0 Å². The highest BCUT2D eigenvalue weighted by molar-refractivity contribution is 6.39. The summed E-state index contributed by atoms with van der Waals surface area (Å²) in [6, 6.07) is 15.3. The second-order valence-electron chi connectivity index (χ2n) is 7.30. The molecule has 8 nitrogen and oxygen atoms in total. The maximum Gasteiger partial charge on any atom is 0.335 e. The Hall–Kier alpha value is -4.66. The van der Waals surface area contributed by atoms with Crippen molar-refractivity contribution in [3.63, 3.8) is 0 Å². The van der Waals surface area contributed by atoms with Gasteiger partial charge in [0, 0.05) is 0 Å². The first-order chi connectivity index (χ1) is 16.4. The predicted octanol–water partition coefficient (Wildman–Crippen LogP) is 3.79. The summed E-state index contributed by atoms with van der Waals surface area (Å²) in [5.41, 5.74) is 1.02. The molecule has 9 heteroatoms. The van der Waals surface area contributed by atoms with Crippen LogP contribution in [-0.4, -0.2) is 30.1 Å². The van der Waals surface area contributed by atoms with E-state index in [0.717, 1.165) is 4.90 Å². The summed E-state index contributed by atoms with van der Waals surface area (Å²) in [5.74, 6) is -1.34. The number of methoxy groups -OCH3 is 1. The minimum Gasteiger partial charge on any atom is -0.508 e. The number of nitrogens with one attached hydrogen (secondary N) is 1. The number of amides is 4. The molecular formula is C25H19FN2O6. The zero-order valence-electron chi connectivity index (χ0n) is 17.9. The molecular weight excluding hydrogens is 443 g/mol. The SMILES string of the molecule is COc1cc(/C=C2\C(=O)NC(=O)N(c3ccc(O)cc3)C2=O)ccc1OCc1cccc(F)c1. The van der Waals surface area contributed by atoms with Crippen LogP contribution >= 0.6 is 0 Å². The third-order valence-corrected chi connectivity index (χ3v) is 4.99. The van der Waals surface area contributed by atoms with Crippen molar-refractivity contribution in [1.82, 2.24) is 5.32 Å². The number of rotatable bonds is 6. The number of hydrogen-bond acceptors (Lipinski definition) is 6. The molecule has 0 radical (unpaired) electrons. The third kappa shape index (κ3) is 4.73. The van der Waals surface area contributed by atoms with E-state index in [9.17, 15) is 23.9 Å². The molecule has 0 atom stereocenters. The number of phenolic OH excluding ortho intramolecular Hbond substituents is 1. The van der Waals surface area contributed by atoms with E-state index in [-0.39, 0.29) is 29.4 Å². The molecule has 0 saturated carbocycles. The van der Waals surface area contributed by atoms with Crippen LogP contribution in [0.1, 0.15) is 11.1 Å². The lowest BCUT2D eigenvalue weighted by atomic mass is 10.1. The summed E-state index contributed by atoms with van der Waals surface area (Å²) < 4.78 is 24.5. The highest BCUT2D eigenvalue weighted by Crippen LogP contribution is 2.31. The highest BCUT2D eigenvalue weighted by Gasteiger charge is 2.36. The summed E-state index contributed by atoms with van der Waals surface area (Å²) in [4.78, 5) is 38.4. The van der Waals surface area contributed by atoms with Gasteiger partial charge in [0.2, 0.25) is 0 Å². The molecule has 3 aromatic carbocycles. The fourth-order valence-corrected chi connectivity index (χ4v) is 3.34. The Labute approximate surface area is 193 Å². The first-order valence-electron chi connectivity index (χ1n) is 10.1. The first-order valence-corrected chi connectivity index (χ1v) is 10.1. The Balaban J connectivity index is 1.59. The monoisotopic (exact) mass is 462 g/mol. The zero-order valence-corrected chi connectivity index (χ0v) is 17.9. The second kappa shape index (κ2) is 9.45. The van der Waals surface area contributed by atoms with E-state index >= 15 is 0 Å². The Morgan fingerprint density at radius 3 is 2.47 bits per heavy atom. The van der Waals surface area contributed by atoms with Crippen molar-refractivity contribution in [2.75, 3.05) is 12.0 Å². The molecule has 4 amide bonds. The minimum atomic E-state index is -0.892. The lowest BCUT2D eigenvalue weighted by Crippen LogP contribution is -2.54. The molecule has 0 aromatic heterocycles. The van der Waals surface area contributed by atoms with Crippen LogP contribution in [0.4, 0.5) is 14.9 Å². The van der Waals surface area contributed by atoms with Gasteiger partial charge in [-0.2, -0.15) is 0 Å². The lowest BCUT2D eigenvalue weighted by molar-refractivity contribution is -0.122. The predicted molar refractivity (Wildman–Crippen MR) is 121 cm³/mol. The van der Waals surface area contributed by atoms with Crippen LogP contribution in [0, 0.1) is 5.82 Å². The van der Waals surface area contributed by atoms with E-state index in [4.69, 9.17) is 9.47 Å². The molecule has 1 aliphatic rings. The van der Waals surface area contributed by atoms with Gasteiger partial charge < -0.3 is 14.6 Å². The molecule has 0 aliphatic carbocycles. The Kier molecular flexibility index (Phi) is 6.26. The van der Waals surface area contributed by atoms with E-state index in [1.165, 1.54) is 49.6 Å². The number of carbonyl (C=O) groups excluding carboxylic acids is 3. The van der Waals surface area contributed by atoms with Gasteiger partial charge in [-0.1, -0.05) is 18.2 Å². The van der Waals surface area contributed by atoms with Gasteiger partial charge >= 0.3 is 6.03 Å². The Morgan fingerprint density at radius 2 is 1.76 bits per heavy atom. The number of benzene rings is 3. The van der Waals surface area contributed by atoms with Crippen molar-refractivity contribution in [2.24, 2.45) is 0 Å². The van der Waals surface area contributed by atoms with Crippen molar-refractivity contribution in [1.29, 1.82) is 0 Å². The molecule has 0 spiro atoms. The van der Waals surface area contributed by atoms with Crippen molar-refractivity contribution in [3.05, 3.63) is 89.2 Å². The van der Waals surface area contributed by atoms with Crippen LogP contribution in [0.2, 0.25) is 0 Å². The number of barbiturate groups is 1. The number of ether oxygens (including phenoxy) is 2. The van der Waals surface area contributed by atoms with Crippen LogP contribution in [0.25, 0.3) is 6.08 Å². The van der Waals surface area contributed by atoms with Gasteiger partial charge in [-0.05, 0) is 65.7 Å². The summed E-state index contributed by atoms with van der Waals surface area (Å²) in [7, 11) is 1.44. The quantitative estimate of drug-likeness (QED) is 0.427. The van der Waals surface area contributed by atoms with Gasteiger partial charge in [-0.3, -0.25) is 14.9 Å². The maximum absolute atomic E-state index is 13.4. The van der Waals surface area contributed by atoms with Crippen LogP contribution in [-0.2, 0) is 16.2 Å². The van der Waals surface area contributed by atoms with Crippen LogP contribution in [0.15, 0.2) is 72.3 Å². The molecule has 4 rings (SSSR count). The average molecular weight is 462 g/mol. The van der Waals surface area contributed by atoms with E-state index in [1.807, 2.05) is 0 Å². The molecule has 34 heavy (non-hydrogen) atoms. The summed E-state index contributed by atoms with van der Waals surface area (Å²) in [5, 5.41) is 11.6. The smallest absolute Gasteiger partial charge is 0.335 e. The van der Waals surface area contributed by atoms with Crippen LogP contribution in [0.3, 0.4) is 0 Å². The maximum atomic E-state index is 13.4. The minimum absolute atomic E-state index is 0.0349. The Bertz CT molecular complexity index is 1300. The number of imide groups is 2. The van der Waals surface area contributed by atoms with Crippen LogP contribution < -0.4 is 19.7 Å². The van der Waals surface area contributed by atoms with Crippen LogP contribution in [0.5, 0.6) is 17.2 Å². The van der Waals surface area contributed by atoms with Crippen molar-refractivity contribution < 1.29 is 33.4 Å². The fourth-order valence-electron chi connectivity index (χ4n) is 3.34. The molecule has 172 valence electrons. The topological polar surface area (TPSA) is 105 Å². The molecule has 1 aliphatic heterocycles. The number of anilines is 1. The van der Waals surface area contributed by atoms with E-state index in [1.54, 1.807) is 30.3 Å². The molecule has 0 bridgehead atoms. The van der Waals surface area contributed by atoms with Gasteiger partial charge in [0.15, 0.2) is 11.5 Å². The standard InChI is InChI=1S/C25H19FN2O6/c1-33-22-13-15(5-10-21(22)34-14-16-3-2-4-17(26)11-16)12-20-23(30)27-25(32)28(24(20)31)18-6-8-19(29)9-7-18/h2-13,29H,14H2,1H3,(H,27,30,32)/b20-12+. The number of urea groups is 1. The second-order valence-corrected chi connectivity index (χ2v) is 7.30. The third-order valence-electron chi connectivity index (χ3n) is 4.99. The van der Waals surface area contributed by atoms with Crippen molar-refractivity contribution in [3.8, 4) is 17.2 Å². The van der Waals surface area contributed by atoms with Crippen molar-refractivity contribution in [2.45, 2.75) is 6.61 Å². The highest BCUT2D eigenvalue weighted by atomic mass is 19.1. The largest absolute Gasteiger partial charge is 0.508 e. The first kappa shape index (κ1) is 22.5. The summed E-state index contributed by atoms with van der Waals surface area (Å²) in [6.07, 6.45) is 1.33. The number of phenols is 1. The number of aromatic hydroxyl groups is 1. The molecule has 3 aromatic rings. The normalized spacial score (nSPS) is 14.8. The zero-order chi connectivity index (χ0) is 24.2. The number of hydrogen-bond donors (Lipinski definition) is 2. The van der Waals surface area contributed by atoms with Gasteiger partial charge in [-0.25, -0.2) is 14.1 Å². The number of carbonyl (C=O) groups is 3. The lowest BCUT2D eigenvalue weighted by Gasteiger charge is -2.26. The van der Waals surface area contributed by atoms with Gasteiger partial charge in [0.25, 0.3) is 11.8 Å². The molecule has 1 heterocycles. The fraction of sp³-hybridized carbons (Fsp3) is 0.0800. The molecule has 0 unspecified atom stereocenters. The molecule has 2 N–H and O–H groups in total. The van der Waals surface area contributed by atoms with Gasteiger partial charge in [0.05, 0.1) is 12.8 Å². The summed E-state index contributed by atoms with van der Waals surface area (Å²) >= 11 is 0. The average Bonchev–Trinajstić information content (AvgIpc) is 2.82. The van der Waals surface area contributed by atoms with E-state index < -0.39 is 17.8 Å². The number of nitrogens with zero attached hydrogens (tertiary/aromatic N) is 1. The molecule has 1 saturated heterocycles. The number of halogens is 1. The van der Waals surface area contributed by atoms with E-state index in [2.05, 4.69) is 5.32 Å². The van der Waals surface area contributed by atoms with E-state index in [0.29, 0.717) is 22.6 Å². The van der Waals surface area contributed by atoms with Crippen molar-refractivity contribution >= 4 is 29.6 Å². The summed E-state index contributed by atoms with van der Waals surface area (Å²) in [6.45, 7) is 0.110. The van der Waals surface area contributed by atoms with Gasteiger partial charge in [0.1, 0.15) is 23.7 Å². The molecule has 1 fully saturated rings. The Morgan fingerprint density at radius 1 is 1.00 bits per heavy atom.